The number of halogens is 1. The van der Waals surface area contributed by atoms with Gasteiger partial charge in [-0.05, 0) is 54.2 Å². The zero-order chi connectivity index (χ0) is 21.6. The van der Waals surface area contributed by atoms with Gasteiger partial charge in [0, 0.05) is 29.9 Å². The molecular weight excluding hydrogens is 446 g/mol. The molecule has 0 spiro atoms. The molecule has 1 saturated heterocycles. The van der Waals surface area contributed by atoms with Gasteiger partial charge in [0.2, 0.25) is 15.9 Å². The summed E-state index contributed by atoms with van der Waals surface area (Å²) in [7, 11) is -3.56. The van der Waals surface area contributed by atoms with E-state index in [-0.39, 0.29) is 10.0 Å². The van der Waals surface area contributed by atoms with Gasteiger partial charge in [-0.25, -0.2) is 8.42 Å². The molecule has 0 radical (unpaired) electrons. The Hall–Kier alpha value is -2.30. The highest BCUT2D eigenvalue weighted by molar-refractivity contribution is 7.89. The smallest absolute Gasteiger partial charge is 0.250 e. The van der Waals surface area contributed by atoms with Crippen LogP contribution in [0.15, 0.2) is 59.5 Å². The van der Waals surface area contributed by atoms with Gasteiger partial charge in [-0.2, -0.15) is 4.31 Å². The van der Waals surface area contributed by atoms with Gasteiger partial charge in [0.15, 0.2) is 5.11 Å². The summed E-state index contributed by atoms with van der Waals surface area (Å²) in [6.07, 6.45) is 2.92. The first-order valence-electron chi connectivity index (χ1n) is 9.09. The highest BCUT2D eigenvalue weighted by atomic mass is 35.5. The monoisotopic (exact) mass is 465 g/mol. The van der Waals surface area contributed by atoms with Crippen LogP contribution < -0.4 is 10.6 Å². The molecule has 10 heteroatoms. The number of carbonyl (C=O) groups excluding carboxylic acids is 1. The minimum atomic E-state index is -3.56. The van der Waals surface area contributed by atoms with E-state index < -0.39 is 15.9 Å². The Morgan fingerprint density at radius 3 is 2.43 bits per heavy atom. The Labute approximate surface area is 185 Å². The summed E-state index contributed by atoms with van der Waals surface area (Å²) in [4.78, 5) is 12.2. The fraction of sp³-hybridized carbons (Fsp3) is 0.200. The molecule has 0 bridgehead atoms. The molecular formula is C20H20ClN3O4S2. The van der Waals surface area contributed by atoms with Gasteiger partial charge in [0.05, 0.1) is 18.1 Å². The molecule has 0 saturated carbocycles. The van der Waals surface area contributed by atoms with E-state index in [0.29, 0.717) is 42.6 Å². The lowest BCUT2D eigenvalue weighted by atomic mass is 10.2. The van der Waals surface area contributed by atoms with Crippen LogP contribution in [0.3, 0.4) is 0 Å². The van der Waals surface area contributed by atoms with Gasteiger partial charge in [0.25, 0.3) is 0 Å². The highest BCUT2D eigenvalue weighted by Gasteiger charge is 2.26. The van der Waals surface area contributed by atoms with Crippen molar-refractivity contribution in [2.24, 2.45) is 0 Å². The first-order valence-corrected chi connectivity index (χ1v) is 11.3. The third-order valence-corrected chi connectivity index (χ3v) is 6.74. The van der Waals surface area contributed by atoms with E-state index in [1.54, 1.807) is 36.4 Å². The number of amides is 1. The summed E-state index contributed by atoms with van der Waals surface area (Å²) in [5.41, 5.74) is 1.27. The molecule has 2 aromatic rings. The summed E-state index contributed by atoms with van der Waals surface area (Å²) in [6, 6.07) is 13.3. The van der Waals surface area contributed by atoms with Gasteiger partial charge in [0.1, 0.15) is 0 Å². The van der Waals surface area contributed by atoms with E-state index in [1.165, 1.54) is 22.5 Å². The van der Waals surface area contributed by atoms with Crippen LogP contribution >= 0.6 is 23.8 Å². The molecule has 30 heavy (non-hydrogen) atoms. The Bertz CT molecular complexity index is 1050. The van der Waals surface area contributed by atoms with Crippen molar-refractivity contribution in [3.05, 3.63) is 65.2 Å². The fourth-order valence-electron chi connectivity index (χ4n) is 2.74. The summed E-state index contributed by atoms with van der Waals surface area (Å²) < 4.78 is 31.9. The Balaban J connectivity index is 1.56. The minimum Gasteiger partial charge on any atom is -0.379 e. The molecule has 1 fully saturated rings. The molecule has 0 aromatic heterocycles. The van der Waals surface area contributed by atoms with E-state index in [1.807, 2.05) is 6.07 Å². The van der Waals surface area contributed by atoms with Crippen molar-refractivity contribution in [2.75, 3.05) is 31.6 Å². The van der Waals surface area contributed by atoms with Gasteiger partial charge in [-0.3, -0.25) is 10.1 Å². The molecule has 1 amide bonds. The summed E-state index contributed by atoms with van der Waals surface area (Å²) >= 11 is 11.2. The zero-order valence-electron chi connectivity index (χ0n) is 15.9. The number of benzene rings is 2. The van der Waals surface area contributed by atoms with Crippen LogP contribution in [0.25, 0.3) is 6.08 Å². The van der Waals surface area contributed by atoms with E-state index in [9.17, 15) is 13.2 Å². The van der Waals surface area contributed by atoms with E-state index in [2.05, 4.69) is 10.6 Å². The lowest BCUT2D eigenvalue weighted by molar-refractivity contribution is -0.115. The SMILES string of the molecule is O=C(/C=C/c1ccccc1Cl)NC(=S)Nc1ccc(S(=O)(=O)N2CCOCC2)cc1. The number of nitrogens with zero attached hydrogens (tertiary/aromatic N) is 1. The maximum atomic E-state index is 12.6. The van der Waals surface area contributed by atoms with Crippen molar-refractivity contribution in [3.8, 4) is 0 Å². The van der Waals surface area contributed by atoms with Gasteiger partial charge < -0.3 is 10.1 Å². The molecule has 2 N–H and O–H groups in total. The number of morpholine rings is 1. The molecule has 1 heterocycles. The third-order valence-electron chi connectivity index (χ3n) is 4.28. The number of sulfonamides is 1. The zero-order valence-corrected chi connectivity index (χ0v) is 18.3. The van der Waals surface area contributed by atoms with E-state index in [0.717, 1.165) is 0 Å². The lowest BCUT2D eigenvalue weighted by Gasteiger charge is -2.26. The number of rotatable bonds is 5. The number of carbonyl (C=O) groups is 1. The summed E-state index contributed by atoms with van der Waals surface area (Å²) in [5.74, 6) is -0.418. The van der Waals surface area contributed by atoms with Crippen LogP contribution in [0.4, 0.5) is 5.69 Å². The molecule has 3 rings (SSSR count). The number of nitrogens with one attached hydrogen (secondary N) is 2. The third kappa shape index (κ3) is 5.87. The molecule has 0 aliphatic carbocycles. The number of hydrogen-bond donors (Lipinski definition) is 2. The predicted octanol–water partition coefficient (Wildman–Crippen LogP) is 2.89. The summed E-state index contributed by atoms with van der Waals surface area (Å²) in [5, 5.41) is 6.00. The van der Waals surface area contributed by atoms with Crippen molar-refractivity contribution in [1.82, 2.24) is 9.62 Å². The van der Waals surface area contributed by atoms with E-state index in [4.69, 9.17) is 28.6 Å². The first-order chi connectivity index (χ1) is 14.4. The first kappa shape index (κ1) is 22.4. The van der Waals surface area contributed by atoms with Crippen molar-refractivity contribution in [2.45, 2.75) is 4.90 Å². The number of ether oxygens (including phenoxy) is 1. The van der Waals surface area contributed by atoms with Gasteiger partial charge in [-0.1, -0.05) is 29.8 Å². The molecule has 1 aliphatic heterocycles. The average molecular weight is 466 g/mol. The van der Waals surface area contributed by atoms with E-state index >= 15 is 0 Å². The van der Waals surface area contributed by atoms with Crippen molar-refractivity contribution in [1.29, 1.82) is 0 Å². The second kappa shape index (κ2) is 10.1. The highest BCUT2D eigenvalue weighted by Crippen LogP contribution is 2.19. The molecule has 1 aliphatic rings. The standard InChI is InChI=1S/C20H20ClN3O4S2/c21-18-4-2-1-3-15(18)5-10-19(25)23-20(29)22-16-6-8-17(9-7-16)30(26,27)24-11-13-28-14-12-24/h1-10H,11-14H2,(H2,22,23,25,29)/b10-5+. The average Bonchev–Trinajstić information content (AvgIpc) is 2.74. The Morgan fingerprint density at radius 2 is 1.77 bits per heavy atom. The maximum Gasteiger partial charge on any atom is 0.250 e. The second-order valence-corrected chi connectivity index (χ2v) is 9.09. The molecule has 0 atom stereocenters. The number of thiocarbonyl (C=S) groups is 1. The van der Waals surface area contributed by atoms with Crippen molar-refractivity contribution in [3.63, 3.8) is 0 Å². The topological polar surface area (TPSA) is 87.7 Å². The predicted molar refractivity (Wildman–Crippen MR) is 121 cm³/mol. The van der Waals surface area contributed by atoms with Crippen LogP contribution in [-0.2, 0) is 19.6 Å². The quantitative estimate of drug-likeness (QED) is 0.521. The van der Waals surface area contributed by atoms with Crippen LogP contribution in [0.2, 0.25) is 5.02 Å². The van der Waals surface area contributed by atoms with Gasteiger partial charge in [-0.15, -0.1) is 0 Å². The maximum absolute atomic E-state index is 12.6. The lowest BCUT2D eigenvalue weighted by Crippen LogP contribution is -2.40. The van der Waals surface area contributed by atoms with Gasteiger partial charge >= 0.3 is 0 Å². The summed E-state index contributed by atoms with van der Waals surface area (Å²) in [6.45, 7) is 1.44. The Morgan fingerprint density at radius 1 is 1.10 bits per heavy atom. The van der Waals surface area contributed by atoms with Crippen LogP contribution in [0.5, 0.6) is 0 Å². The number of hydrogen-bond acceptors (Lipinski definition) is 5. The fourth-order valence-corrected chi connectivity index (χ4v) is 4.56. The van der Waals surface area contributed by atoms with Crippen LogP contribution in [-0.4, -0.2) is 50.0 Å². The van der Waals surface area contributed by atoms with Crippen LogP contribution in [0.1, 0.15) is 5.56 Å². The second-order valence-electron chi connectivity index (χ2n) is 6.34. The van der Waals surface area contributed by atoms with Crippen molar-refractivity contribution >= 4 is 56.6 Å². The van der Waals surface area contributed by atoms with Crippen LogP contribution in [0, 0.1) is 0 Å². The number of anilines is 1. The normalized spacial score (nSPS) is 15.1. The molecule has 0 unspecified atom stereocenters. The molecule has 158 valence electrons. The molecule has 7 nitrogen and oxygen atoms in total. The molecule has 2 aromatic carbocycles. The Kier molecular flexibility index (Phi) is 7.57. The van der Waals surface area contributed by atoms with Crippen molar-refractivity contribution < 1.29 is 17.9 Å². The minimum absolute atomic E-state index is 0.0904. The largest absolute Gasteiger partial charge is 0.379 e.